The third-order valence-corrected chi connectivity index (χ3v) is 8.34. The van der Waals surface area contributed by atoms with Gasteiger partial charge in [-0.1, -0.05) is 53.8 Å². The van der Waals surface area contributed by atoms with Crippen molar-refractivity contribution in [1.29, 1.82) is 0 Å². The SMILES string of the molecule is COc1ccc(CN2C(=O)SC[C@H]2[C@@]2(OC)CC3C[C@@H](CCC/C=C\C=C\CC/C(C)=C\C(=O)O3)O2)cc1. The Morgan fingerprint density at radius 2 is 1.84 bits per heavy atom. The van der Waals surface area contributed by atoms with Crippen LogP contribution in [0.5, 0.6) is 5.75 Å². The van der Waals surface area contributed by atoms with Crippen molar-refractivity contribution in [2.24, 2.45) is 0 Å². The van der Waals surface area contributed by atoms with Crippen molar-refractivity contribution in [2.75, 3.05) is 20.0 Å². The van der Waals surface area contributed by atoms with Gasteiger partial charge in [0, 0.05) is 38.3 Å². The van der Waals surface area contributed by atoms with Crippen LogP contribution >= 0.6 is 11.8 Å². The molecule has 0 spiro atoms. The second-order valence-electron chi connectivity index (χ2n) is 10.1. The first-order valence-electron chi connectivity index (χ1n) is 13.4. The molecule has 0 saturated carbocycles. The quantitative estimate of drug-likeness (QED) is 0.412. The summed E-state index contributed by atoms with van der Waals surface area (Å²) in [5, 5.41) is -0.00674. The summed E-state index contributed by atoms with van der Waals surface area (Å²) in [4.78, 5) is 27.7. The van der Waals surface area contributed by atoms with Crippen LogP contribution in [0.25, 0.3) is 0 Å². The molecule has 7 nitrogen and oxygen atoms in total. The molecule has 1 aromatic rings. The fourth-order valence-corrected chi connectivity index (χ4v) is 6.43. The first-order valence-corrected chi connectivity index (χ1v) is 14.4. The van der Waals surface area contributed by atoms with Gasteiger partial charge >= 0.3 is 5.97 Å². The molecule has 2 fully saturated rings. The number of fused-ring (bicyclic) bond motifs is 2. The summed E-state index contributed by atoms with van der Waals surface area (Å²) in [6.07, 6.45) is 14.9. The van der Waals surface area contributed by atoms with Crippen molar-refractivity contribution in [3.8, 4) is 5.75 Å². The van der Waals surface area contributed by atoms with Crippen molar-refractivity contribution < 1.29 is 28.5 Å². The molecule has 3 aliphatic heterocycles. The average Bonchev–Trinajstić information content (AvgIpc) is 3.27. The summed E-state index contributed by atoms with van der Waals surface area (Å²) >= 11 is 1.28. The van der Waals surface area contributed by atoms with Gasteiger partial charge in [-0.2, -0.15) is 0 Å². The molecule has 0 aliphatic carbocycles. The number of benzene rings is 1. The van der Waals surface area contributed by atoms with Crippen LogP contribution in [0.2, 0.25) is 0 Å². The van der Waals surface area contributed by atoms with E-state index in [0.717, 1.165) is 49.0 Å². The maximum absolute atomic E-state index is 13.0. The van der Waals surface area contributed by atoms with Gasteiger partial charge < -0.3 is 23.8 Å². The summed E-state index contributed by atoms with van der Waals surface area (Å²) in [7, 11) is 3.26. The molecule has 0 radical (unpaired) electrons. The molecule has 38 heavy (non-hydrogen) atoms. The lowest BCUT2D eigenvalue weighted by Crippen LogP contribution is -2.60. The zero-order chi connectivity index (χ0) is 27.0. The van der Waals surface area contributed by atoms with Gasteiger partial charge in [0.25, 0.3) is 5.24 Å². The Labute approximate surface area is 230 Å². The Kier molecular flexibility index (Phi) is 10.1. The summed E-state index contributed by atoms with van der Waals surface area (Å²) in [5.41, 5.74) is 1.98. The van der Waals surface area contributed by atoms with E-state index in [0.29, 0.717) is 25.1 Å². The number of allylic oxidation sites excluding steroid dienone is 5. The second-order valence-corrected chi connectivity index (χ2v) is 11.1. The fraction of sp³-hybridized carbons (Fsp3) is 0.533. The Bertz CT molecular complexity index is 1050. The molecule has 4 atom stereocenters. The molecule has 2 saturated heterocycles. The molecule has 4 rings (SSSR count). The van der Waals surface area contributed by atoms with E-state index in [1.807, 2.05) is 36.1 Å². The van der Waals surface area contributed by atoms with E-state index in [1.54, 1.807) is 20.3 Å². The second kappa shape index (κ2) is 13.5. The number of carbonyl (C=O) groups is 2. The number of methoxy groups -OCH3 is 2. The van der Waals surface area contributed by atoms with Gasteiger partial charge in [-0.05, 0) is 56.7 Å². The summed E-state index contributed by atoms with van der Waals surface area (Å²) in [6.45, 7) is 2.39. The van der Waals surface area contributed by atoms with Gasteiger partial charge in [-0.3, -0.25) is 4.79 Å². The fourth-order valence-electron chi connectivity index (χ4n) is 5.33. The Morgan fingerprint density at radius 1 is 1.08 bits per heavy atom. The largest absolute Gasteiger partial charge is 0.497 e. The minimum absolute atomic E-state index is 0.00674. The zero-order valence-electron chi connectivity index (χ0n) is 22.6. The third-order valence-electron chi connectivity index (χ3n) is 7.38. The molecule has 3 heterocycles. The maximum Gasteiger partial charge on any atom is 0.330 e. The third kappa shape index (κ3) is 7.30. The van der Waals surface area contributed by atoms with Gasteiger partial charge in [0.05, 0.1) is 19.3 Å². The minimum Gasteiger partial charge on any atom is -0.497 e. The summed E-state index contributed by atoms with van der Waals surface area (Å²) < 4.78 is 24.1. The molecule has 1 aromatic carbocycles. The lowest BCUT2D eigenvalue weighted by Gasteiger charge is -2.48. The van der Waals surface area contributed by atoms with Crippen LogP contribution in [0.1, 0.15) is 57.4 Å². The van der Waals surface area contributed by atoms with E-state index in [-0.39, 0.29) is 29.5 Å². The van der Waals surface area contributed by atoms with Gasteiger partial charge in [0.2, 0.25) is 0 Å². The van der Waals surface area contributed by atoms with Crippen LogP contribution in [-0.4, -0.2) is 60.1 Å². The van der Waals surface area contributed by atoms with Crippen LogP contribution in [0.4, 0.5) is 4.79 Å². The first kappa shape index (κ1) is 28.5. The zero-order valence-corrected chi connectivity index (χ0v) is 23.4. The number of hydrogen-bond acceptors (Lipinski definition) is 7. The maximum atomic E-state index is 13.0. The van der Waals surface area contributed by atoms with Gasteiger partial charge in [-0.15, -0.1) is 0 Å². The normalized spacial score (nSPS) is 32.2. The lowest BCUT2D eigenvalue weighted by molar-refractivity contribution is -0.305. The van der Waals surface area contributed by atoms with Gasteiger partial charge in [-0.25, -0.2) is 4.79 Å². The molecule has 0 N–H and O–H groups in total. The summed E-state index contributed by atoms with van der Waals surface area (Å²) in [6, 6.07) is 7.40. The molecule has 1 amide bonds. The van der Waals surface area contributed by atoms with Crippen molar-refractivity contribution in [3.05, 3.63) is 65.8 Å². The van der Waals surface area contributed by atoms with Crippen molar-refractivity contribution in [1.82, 2.24) is 4.90 Å². The van der Waals surface area contributed by atoms with Crippen LogP contribution < -0.4 is 4.74 Å². The van der Waals surface area contributed by atoms with E-state index in [9.17, 15) is 9.59 Å². The highest BCUT2D eigenvalue weighted by atomic mass is 32.2. The molecule has 2 bridgehead atoms. The molecule has 206 valence electrons. The molecule has 3 aliphatic rings. The minimum atomic E-state index is -1.07. The standard InChI is InChI=1S/C30H39NO6S/c1-22-11-9-7-5-4-6-8-10-12-25-18-26(36-28(32)17-22)19-30(35-3,37-25)27-21-38-29(33)31(27)20-23-13-15-24(34-2)16-14-23/h4-7,13-17,25-27H,8-12,18-21H2,1-3H3/b6-4-,7-5+,22-17-/t25-,26?,27+,30-/m1/s1. The van der Waals surface area contributed by atoms with Gasteiger partial charge in [0.1, 0.15) is 11.9 Å². The monoisotopic (exact) mass is 541 g/mol. The highest BCUT2D eigenvalue weighted by molar-refractivity contribution is 8.13. The number of nitrogens with zero attached hydrogens (tertiary/aromatic N) is 1. The number of thioether (sulfide) groups is 1. The molecule has 1 unspecified atom stereocenters. The molecule has 8 heteroatoms. The number of amides is 1. The number of ether oxygens (including phenoxy) is 4. The molecule has 0 aromatic heterocycles. The van der Waals surface area contributed by atoms with Crippen LogP contribution in [0, 0.1) is 0 Å². The van der Waals surface area contributed by atoms with Crippen LogP contribution in [0.3, 0.4) is 0 Å². The Balaban J connectivity index is 1.57. The Hall–Kier alpha value is -2.55. The predicted molar refractivity (Wildman–Crippen MR) is 149 cm³/mol. The van der Waals surface area contributed by atoms with Crippen LogP contribution in [-0.2, 0) is 25.5 Å². The van der Waals surface area contributed by atoms with E-state index in [1.165, 1.54) is 11.8 Å². The average molecular weight is 542 g/mol. The number of hydrogen-bond donors (Lipinski definition) is 0. The van der Waals surface area contributed by atoms with Crippen LogP contribution in [0.15, 0.2) is 60.2 Å². The van der Waals surface area contributed by atoms with Crippen molar-refractivity contribution >= 4 is 23.0 Å². The predicted octanol–water partition coefficient (Wildman–Crippen LogP) is 6.19. The lowest BCUT2D eigenvalue weighted by atomic mass is 9.90. The number of carbonyl (C=O) groups excluding carboxylic acids is 2. The molecular formula is C30H39NO6S. The highest BCUT2D eigenvalue weighted by Gasteiger charge is 2.54. The van der Waals surface area contributed by atoms with Crippen molar-refractivity contribution in [2.45, 2.75) is 82.5 Å². The highest BCUT2D eigenvalue weighted by Crippen LogP contribution is 2.43. The van der Waals surface area contributed by atoms with Crippen molar-refractivity contribution in [3.63, 3.8) is 0 Å². The van der Waals surface area contributed by atoms with Gasteiger partial charge in [0.15, 0.2) is 5.79 Å². The smallest absolute Gasteiger partial charge is 0.330 e. The number of rotatable bonds is 5. The summed E-state index contributed by atoms with van der Waals surface area (Å²) in [5.74, 6) is -0.0850. The Morgan fingerprint density at radius 3 is 2.58 bits per heavy atom. The van der Waals surface area contributed by atoms with E-state index < -0.39 is 5.79 Å². The van der Waals surface area contributed by atoms with E-state index in [4.69, 9.17) is 18.9 Å². The topological polar surface area (TPSA) is 74.3 Å². The van der Waals surface area contributed by atoms with E-state index in [2.05, 4.69) is 24.3 Å². The number of esters is 1. The molecular weight excluding hydrogens is 502 g/mol. The first-order chi connectivity index (χ1) is 18.4. The van der Waals surface area contributed by atoms with E-state index >= 15 is 0 Å².